The van der Waals surface area contributed by atoms with Crippen molar-refractivity contribution in [2.24, 2.45) is 0 Å². The van der Waals surface area contributed by atoms with Crippen molar-refractivity contribution in [3.8, 4) is 5.75 Å². The molecule has 3 aromatic rings. The summed E-state index contributed by atoms with van der Waals surface area (Å²) in [5.74, 6) is 0.512. The van der Waals surface area contributed by atoms with Crippen LogP contribution in [0.4, 0.5) is 5.69 Å². The second-order valence-corrected chi connectivity index (χ2v) is 5.40. The van der Waals surface area contributed by atoms with E-state index in [0.29, 0.717) is 11.4 Å². The third-order valence-corrected chi connectivity index (χ3v) is 3.66. The fraction of sp³-hybridized carbons (Fsp3) is 0.158. The van der Waals surface area contributed by atoms with E-state index in [-0.39, 0.29) is 5.91 Å². The fourth-order valence-electron chi connectivity index (χ4n) is 2.37. The Kier molecular flexibility index (Phi) is 4.24. The lowest BCUT2D eigenvalue weighted by molar-refractivity contribution is -0.122. The van der Waals surface area contributed by atoms with Crippen LogP contribution in [0, 0.1) is 6.92 Å². The largest absolute Gasteiger partial charge is 0.481 e. The van der Waals surface area contributed by atoms with E-state index in [0.717, 1.165) is 16.5 Å². The lowest BCUT2D eigenvalue weighted by Gasteiger charge is -2.16. The first-order valence-electron chi connectivity index (χ1n) is 7.52. The van der Waals surface area contributed by atoms with Crippen molar-refractivity contribution in [1.29, 1.82) is 0 Å². The van der Waals surface area contributed by atoms with Crippen molar-refractivity contribution >= 4 is 22.5 Å². The maximum atomic E-state index is 12.4. The molecular weight excluding hydrogens is 288 g/mol. The van der Waals surface area contributed by atoms with Crippen LogP contribution in [0.5, 0.6) is 5.75 Å². The second-order valence-electron chi connectivity index (χ2n) is 5.40. The Hall–Kier alpha value is -2.88. The van der Waals surface area contributed by atoms with Crippen LogP contribution in [0.1, 0.15) is 12.5 Å². The van der Waals surface area contributed by atoms with Crippen LogP contribution in [0.15, 0.2) is 60.8 Å². The van der Waals surface area contributed by atoms with Crippen molar-refractivity contribution in [2.45, 2.75) is 20.0 Å². The van der Waals surface area contributed by atoms with Gasteiger partial charge in [-0.3, -0.25) is 9.78 Å². The number of fused-ring (bicyclic) bond motifs is 1. The number of benzene rings is 2. The van der Waals surface area contributed by atoms with Gasteiger partial charge < -0.3 is 10.1 Å². The average molecular weight is 306 g/mol. The lowest BCUT2D eigenvalue weighted by Crippen LogP contribution is -2.30. The zero-order chi connectivity index (χ0) is 16.2. The molecule has 4 nitrogen and oxygen atoms in total. The predicted octanol–water partition coefficient (Wildman–Crippen LogP) is 3.95. The van der Waals surface area contributed by atoms with Crippen LogP contribution < -0.4 is 10.1 Å². The highest BCUT2D eigenvalue weighted by Crippen LogP contribution is 2.22. The number of anilines is 1. The minimum absolute atomic E-state index is 0.202. The minimum Gasteiger partial charge on any atom is -0.481 e. The predicted molar refractivity (Wildman–Crippen MR) is 91.6 cm³/mol. The molecule has 4 heteroatoms. The van der Waals surface area contributed by atoms with Gasteiger partial charge in [-0.05, 0) is 37.6 Å². The quantitative estimate of drug-likeness (QED) is 0.794. The molecule has 0 saturated heterocycles. The first-order chi connectivity index (χ1) is 11.1. The van der Waals surface area contributed by atoms with E-state index in [1.807, 2.05) is 61.5 Å². The SMILES string of the molecule is Cc1ccccc1OC(C)C(=O)Nc1cccc2cccnc12. The molecule has 1 amide bonds. The van der Waals surface area contributed by atoms with Gasteiger partial charge in [-0.2, -0.15) is 0 Å². The normalized spacial score (nSPS) is 11.9. The summed E-state index contributed by atoms with van der Waals surface area (Å²) in [6.45, 7) is 3.69. The molecule has 1 N–H and O–H groups in total. The Bertz CT molecular complexity index is 840. The summed E-state index contributed by atoms with van der Waals surface area (Å²) in [7, 11) is 0. The number of amides is 1. The van der Waals surface area contributed by atoms with E-state index in [2.05, 4.69) is 10.3 Å². The highest BCUT2D eigenvalue weighted by atomic mass is 16.5. The third kappa shape index (κ3) is 3.31. The monoisotopic (exact) mass is 306 g/mol. The number of aryl methyl sites for hydroxylation is 1. The van der Waals surface area contributed by atoms with Crippen molar-refractivity contribution < 1.29 is 9.53 Å². The van der Waals surface area contributed by atoms with Gasteiger partial charge in [0.25, 0.3) is 5.91 Å². The average Bonchev–Trinajstić information content (AvgIpc) is 2.57. The topological polar surface area (TPSA) is 51.2 Å². The van der Waals surface area contributed by atoms with Gasteiger partial charge in [-0.1, -0.05) is 36.4 Å². The Morgan fingerprint density at radius 3 is 2.70 bits per heavy atom. The van der Waals surface area contributed by atoms with Gasteiger partial charge in [0.2, 0.25) is 0 Å². The van der Waals surface area contributed by atoms with Gasteiger partial charge in [0.15, 0.2) is 6.10 Å². The van der Waals surface area contributed by atoms with Gasteiger partial charge in [0, 0.05) is 11.6 Å². The summed E-state index contributed by atoms with van der Waals surface area (Å²) < 4.78 is 5.76. The Balaban J connectivity index is 1.77. The molecule has 0 radical (unpaired) electrons. The summed E-state index contributed by atoms with van der Waals surface area (Å²) in [5, 5.41) is 3.88. The van der Waals surface area contributed by atoms with Crippen molar-refractivity contribution in [1.82, 2.24) is 4.98 Å². The number of para-hydroxylation sites is 2. The van der Waals surface area contributed by atoms with Crippen molar-refractivity contribution in [3.63, 3.8) is 0 Å². The molecule has 0 saturated carbocycles. The summed E-state index contributed by atoms with van der Waals surface area (Å²) >= 11 is 0. The van der Waals surface area contributed by atoms with Gasteiger partial charge in [-0.15, -0.1) is 0 Å². The highest BCUT2D eigenvalue weighted by Gasteiger charge is 2.16. The summed E-state index contributed by atoms with van der Waals surface area (Å²) in [6.07, 6.45) is 1.11. The van der Waals surface area contributed by atoms with Crippen molar-refractivity contribution in [2.75, 3.05) is 5.32 Å². The first-order valence-corrected chi connectivity index (χ1v) is 7.52. The van der Waals surface area contributed by atoms with Crippen LogP contribution >= 0.6 is 0 Å². The van der Waals surface area contributed by atoms with Crippen LogP contribution in [0.3, 0.4) is 0 Å². The number of aromatic nitrogens is 1. The zero-order valence-electron chi connectivity index (χ0n) is 13.1. The number of carbonyl (C=O) groups is 1. The molecule has 2 aromatic carbocycles. The standard InChI is InChI=1S/C19H18N2O2/c1-13-7-3-4-11-17(13)23-14(2)19(22)21-16-10-5-8-15-9-6-12-20-18(15)16/h3-12,14H,1-2H3,(H,21,22). The van der Waals surface area contributed by atoms with E-state index in [9.17, 15) is 4.79 Å². The minimum atomic E-state index is -0.602. The zero-order valence-corrected chi connectivity index (χ0v) is 13.1. The Morgan fingerprint density at radius 2 is 1.87 bits per heavy atom. The van der Waals surface area contributed by atoms with Crippen LogP contribution in [-0.2, 0) is 4.79 Å². The molecule has 0 bridgehead atoms. The number of hydrogen-bond acceptors (Lipinski definition) is 3. The van der Waals surface area contributed by atoms with Crippen LogP contribution in [0.25, 0.3) is 10.9 Å². The molecule has 1 unspecified atom stereocenters. The molecule has 0 spiro atoms. The molecule has 1 atom stereocenters. The van der Waals surface area contributed by atoms with E-state index in [1.165, 1.54) is 0 Å². The number of nitrogens with one attached hydrogen (secondary N) is 1. The van der Waals surface area contributed by atoms with Gasteiger partial charge >= 0.3 is 0 Å². The van der Waals surface area contributed by atoms with E-state index in [1.54, 1.807) is 13.1 Å². The van der Waals surface area contributed by atoms with Gasteiger partial charge in [0.05, 0.1) is 11.2 Å². The fourth-order valence-corrected chi connectivity index (χ4v) is 2.37. The maximum Gasteiger partial charge on any atom is 0.265 e. The second kappa shape index (κ2) is 6.48. The van der Waals surface area contributed by atoms with Gasteiger partial charge in [0.1, 0.15) is 5.75 Å². The van der Waals surface area contributed by atoms with Crippen molar-refractivity contribution in [3.05, 3.63) is 66.4 Å². The van der Waals surface area contributed by atoms with Gasteiger partial charge in [-0.25, -0.2) is 0 Å². The molecule has 0 aliphatic heterocycles. The summed E-state index contributed by atoms with van der Waals surface area (Å²) in [6, 6.07) is 17.2. The Morgan fingerprint density at radius 1 is 1.09 bits per heavy atom. The first kappa shape index (κ1) is 15.0. The molecule has 0 aliphatic carbocycles. The number of pyridine rings is 1. The number of ether oxygens (including phenoxy) is 1. The van der Waals surface area contributed by atoms with Crippen LogP contribution in [-0.4, -0.2) is 17.0 Å². The molecule has 0 fully saturated rings. The van der Waals surface area contributed by atoms with E-state index < -0.39 is 6.10 Å². The number of hydrogen-bond donors (Lipinski definition) is 1. The molecule has 116 valence electrons. The summed E-state index contributed by atoms with van der Waals surface area (Å²) in [4.78, 5) is 16.7. The molecular formula is C19H18N2O2. The number of rotatable bonds is 4. The highest BCUT2D eigenvalue weighted by molar-refractivity contribution is 6.01. The molecule has 0 aliphatic rings. The van der Waals surface area contributed by atoms with E-state index >= 15 is 0 Å². The maximum absolute atomic E-state index is 12.4. The smallest absolute Gasteiger partial charge is 0.265 e. The van der Waals surface area contributed by atoms with Crippen LogP contribution in [0.2, 0.25) is 0 Å². The lowest BCUT2D eigenvalue weighted by atomic mass is 10.2. The third-order valence-electron chi connectivity index (χ3n) is 3.66. The molecule has 3 rings (SSSR count). The molecule has 23 heavy (non-hydrogen) atoms. The summed E-state index contributed by atoms with van der Waals surface area (Å²) in [5.41, 5.74) is 2.46. The number of nitrogens with zero attached hydrogens (tertiary/aromatic N) is 1. The van der Waals surface area contributed by atoms with E-state index in [4.69, 9.17) is 4.74 Å². The molecule has 1 aromatic heterocycles. The number of carbonyl (C=O) groups excluding carboxylic acids is 1. The Labute approximate surface area is 135 Å². The molecule has 1 heterocycles.